The Bertz CT molecular complexity index is 556. The van der Waals surface area contributed by atoms with Crippen LogP contribution in [0.3, 0.4) is 0 Å². The second kappa shape index (κ2) is 5.12. The smallest absolute Gasteiger partial charge is 0.123 e. The van der Waals surface area contributed by atoms with Crippen molar-refractivity contribution in [2.75, 3.05) is 0 Å². The minimum Gasteiger partial charge on any atom is -0.384 e. The summed E-state index contributed by atoms with van der Waals surface area (Å²) in [5.41, 5.74) is 0.692. The van der Waals surface area contributed by atoms with Gasteiger partial charge in [-0.2, -0.15) is 0 Å². The van der Waals surface area contributed by atoms with Crippen molar-refractivity contribution in [2.45, 2.75) is 6.10 Å². The molecule has 0 aliphatic rings. The summed E-state index contributed by atoms with van der Waals surface area (Å²) in [6.45, 7) is 0. The first-order valence-corrected chi connectivity index (χ1v) is 6.52. The summed E-state index contributed by atoms with van der Waals surface area (Å²) in [6.07, 6.45) is -1.09. The summed E-state index contributed by atoms with van der Waals surface area (Å²) in [5, 5.41) is 10.4. The van der Waals surface area contributed by atoms with Crippen LogP contribution in [0.4, 0.5) is 4.39 Å². The number of thiophene rings is 1. The van der Waals surface area contributed by atoms with Crippen LogP contribution in [0.5, 0.6) is 0 Å². The standard InChI is InChI=1S/C11H6Cl3FOS/c12-8-2-1-5(15)3-6(8)10(16)7-4-9(13)17-11(7)14/h1-4,10,16H. The Morgan fingerprint density at radius 1 is 1.12 bits per heavy atom. The molecule has 0 bridgehead atoms. The first-order valence-electron chi connectivity index (χ1n) is 4.57. The highest BCUT2D eigenvalue weighted by Crippen LogP contribution is 2.39. The highest BCUT2D eigenvalue weighted by Gasteiger charge is 2.19. The van der Waals surface area contributed by atoms with Crippen LogP contribution in [-0.4, -0.2) is 5.11 Å². The van der Waals surface area contributed by atoms with E-state index in [4.69, 9.17) is 34.8 Å². The molecule has 2 rings (SSSR count). The molecular formula is C11H6Cl3FOS. The van der Waals surface area contributed by atoms with Crippen molar-refractivity contribution in [3.05, 3.63) is 54.9 Å². The maximum atomic E-state index is 13.1. The molecule has 1 N–H and O–H groups in total. The van der Waals surface area contributed by atoms with Gasteiger partial charge in [-0.05, 0) is 24.3 Å². The van der Waals surface area contributed by atoms with Gasteiger partial charge in [0.25, 0.3) is 0 Å². The van der Waals surface area contributed by atoms with E-state index < -0.39 is 11.9 Å². The highest BCUT2D eigenvalue weighted by molar-refractivity contribution is 7.20. The number of aliphatic hydroxyl groups is 1. The molecule has 6 heteroatoms. The molecule has 0 aliphatic carbocycles. The predicted molar refractivity (Wildman–Crippen MR) is 69.8 cm³/mol. The minimum atomic E-state index is -1.09. The second-order valence-corrected chi connectivity index (χ2v) is 6.04. The van der Waals surface area contributed by atoms with E-state index in [1.807, 2.05) is 0 Å². The van der Waals surface area contributed by atoms with Crippen LogP contribution in [0.15, 0.2) is 24.3 Å². The number of aliphatic hydroxyl groups excluding tert-OH is 1. The van der Waals surface area contributed by atoms with Crippen LogP contribution in [0.2, 0.25) is 13.7 Å². The van der Waals surface area contributed by atoms with E-state index in [2.05, 4.69) is 0 Å². The fraction of sp³-hybridized carbons (Fsp3) is 0.0909. The lowest BCUT2D eigenvalue weighted by molar-refractivity contribution is 0.220. The van der Waals surface area contributed by atoms with Crippen molar-refractivity contribution in [1.29, 1.82) is 0 Å². The van der Waals surface area contributed by atoms with Gasteiger partial charge < -0.3 is 5.11 Å². The maximum Gasteiger partial charge on any atom is 0.123 e. The quantitative estimate of drug-likeness (QED) is 0.834. The number of benzene rings is 1. The van der Waals surface area contributed by atoms with Crippen molar-refractivity contribution >= 4 is 46.1 Å². The van der Waals surface area contributed by atoms with E-state index in [9.17, 15) is 9.50 Å². The molecule has 0 fully saturated rings. The Morgan fingerprint density at radius 3 is 2.41 bits per heavy atom. The first kappa shape index (κ1) is 13.1. The van der Waals surface area contributed by atoms with Gasteiger partial charge in [-0.25, -0.2) is 4.39 Å². The van der Waals surface area contributed by atoms with Gasteiger partial charge in [-0.1, -0.05) is 34.8 Å². The third kappa shape index (κ3) is 2.75. The largest absolute Gasteiger partial charge is 0.384 e. The van der Waals surface area contributed by atoms with Crippen LogP contribution in [0.25, 0.3) is 0 Å². The summed E-state index contributed by atoms with van der Waals surface area (Å²) in [5.74, 6) is -0.471. The molecule has 17 heavy (non-hydrogen) atoms. The van der Waals surface area contributed by atoms with Gasteiger partial charge in [0.05, 0.1) is 4.34 Å². The Kier molecular flexibility index (Phi) is 3.95. The molecule has 2 aromatic rings. The van der Waals surface area contributed by atoms with E-state index >= 15 is 0 Å². The highest BCUT2D eigenvalue weighted by atomic mass is 35.5. The molecule has 0 amide bonds. The fourth-order valence-electron chi connectivity index (χ4n) is 1.43. The molecule has 1 aromatic carbocycles. The van der Waals surface area contributed by atoms with Crippen molar-refractivity contribution < 1.29 is 9.50 Å². The lowest BCUT2D eigenvalue weighted by atomic mass is 10.0. The Balaban J connectivity index is 2.46. The number of rotatable bonds is 2. The third-order valence-electron chi connectivity index (χ3n) is 2.23. The average Bonchev–Trinajstić information content (AvgIpc) is 2.60. The number of halogens is 4. The molecule has 0 saturated carbocycles. The van der Waals surface area contributed by atoms with Crippen LogP contribution in [0.1, 0.15) is 17.2 Å². The van der Waals surface area contributed by atoms with Crippen molar-refractivity contribution in [3.63, 3.8) is 0 Å². The van der Waals surface area contributed by atoms with Crippen LogP contribution >= 0.6 is 46.1 Å². The summed E-state index contributed by atoms with van der Waals surface area (Å²) in [4.78, 5) is 0. The van der Waals surface area contributed by atoms with Crippen LogP contribution < -0.4 is 0 Å². The molecule has 0 aliphatic heterocycles. The molecular weight excluding hydrogens is 306 g/mol. The van der Waals surface area contributed by atoms with Crippen molar-refractivity contribution in [3.8, 4) is 0 Å². The molecule has 1 atom stereocenters. The second-order valence-electron chi connectivity index (χ2n) is 3.35. The summed E-state index contributed by atoms with van der Waals surface area (Å²) in [7, 11) is 0. The molecule has 1 aromatic heterocycles. The lowest BCUT2D eigenvalue weighted by Gasteiger charge is -2.12. The van der Waals surface area contributed by atoms with E-state index in [0.29, 0.717) is 14.2 Å². The zero-order valence-corrected chi connectivity index (χ0v) is 11.3. The van der Waals surface area contributed by atoms with Crippen molar-refractivity contribution in [2.24, 2.45) is 0 Å². The maximum absolute atomic E-state index is 13.1. The molecule has 0 radical (unpaired) electrons. The molecule has 0 spiro atoms. The van der Waals surface area contributed by atoms with Gasteiger partial charge >= 0.3 is 0 Å². The Labute approximate surface area is 116 Å². The Hall–Kier alpha value is -0.320. The van der Waals surface area contributed by atoms with Gasteiger partial charge in [0.2, 0.25) is 0 Å². The molecule has 1 unspecified atom stereocenters. The third-order valence-corrected chi connectivity index (χ3v) is 4.09. The minimum absolute atomic E-state index is 0.267. The molecule has 1 heterocycles. The number of hydrogen-bond acceptors (Lipinski definition) is 2. The fourth-order valence-corrected chi connectivity index (χ4v) is 3.17. The van der Waals surface area contributed by atoms with Crippen LogP contribution in [0, 0.1) is 5.82 Å². The summed E-state index contributed by atoms with van der Waals surface area (Å²) >= 11 is 18.7. The zero-order chi connectivity index (χ0) is 12.6. The topological polar surface area (TPSA) is 20.2 Å². The SMILES string of the molecule is OC(c1cc(F)ccc1Cl)c1cc(Cl)sc1Cl. The van der Waals surface area contributed by atoms with E-state index in [1.165, 1.54) is 18.2 Å². The summed E-state index contributed by atoms with van der Waals surface area (Å²) < 4.78 is 13.9. The monoisotopic (exact) mass is 310 g/mol. The van der Waals surface area contributed by atoms with Gasteiger partial charge in [-0.3, -0.25) is 0 Å². The van der Waals surface area contributed by atoms with E-state index in [1.54, 1.807) is 6.07 Å². The van der Waals surface area contributed by atoms with Gasteiger partial charge in [0.1, 0.15) is 16.3 Å². The zero-order valence-electron chi connectivity index (χ0n) is 8.25. The molecule has 0 saturated heterocycles. The average molecular weight is 312 g/mol. The predicted octanol–water partition coefficient (Wildman–Crippen LogP) is 4.93. The van der Waals surface area contributed by atoms with Gasteiger partial charge in [0.15, 0.2) is 0 Å². The molecule has 1 nitrogen and oxygen atoms in total. The first-order chi connectivity index (χ1) is 7.99. The number of hydrogen-bond donors (Lipinski definition) is 1. The van der Waals surface area contributed by atoms with Gasteiger partial charge in [0, 0.05) is 16.1 Å². The summed E-state index contributed by atoms with van der Waals surface area (Å²) in [6, 6.07) is 5.33. The normalized spacial score (nSPS) is 12.8. The van der Waals surface area contributed by atoms with Crippen LogP contribution in [-0.2, 0) is 0 Å². The van der Waals surface area contributed by atoms with E-state index in [-0.39, 0.29) is 10.6 Å². The van der Waals surface area contributed by atoms with E-state index in [0.717, 1.165) is 11.3 Å². The Morgan fingerprint density at radius 2 is 1.82 bits per heavy atom. The lowest BCUT2D eigenvalue weighted by Crippen LogP contribution is -2.00. The molecule has 90 valence electrons. The van der Waals surface area contributed by atoms with Gasteiger partial charge in [-0.15, -0.1) is 11.3 Å². The van der Waals surface area contributed by atoms with Crippen molar-refractivity contribution in [1.82, 2.24) is 0 Å².